The highest BCUT2D eigenvalue weighted by Crippen LogP contribution is 2.27. The molecule has 0 unspecified atom stereocenters. The van der Waals surface area contributed by atoms with Gasteiger partial charge in [-0.25, -0.2) is 4.79 Å². The molecule has 3 aromatic rings. The van der Waals surface area contributed by atoms with E-state index >= 15 is 0 Å². The molecule has 28 heavy (non-hydrogen) atoms. The minimum absolute atomic E-state index is 0.442. The Morgan fingerprint density at radius 2 is 1.75 bits per heavy atom. The molecule has 0 aliphatic carbocycles. The topological polar surface area (TPSA) is 46.8 Å². The second-order valence-electron chi connectivity index (χ2n) is 6.85. The van der Waals surface area contributed by atoms with E-state index in [9.17, 15) is 4.79 Å². The normalized spacial score (nSPS) is 11.0. The highest BCUT2D eigenvalue weighted by molar-refractivity contribution is 6.19. The lowest BCUT2D eigenvalue weighted by atomic mass is 10.0. The van der Waals surface area contributed by atoms with Crippen molar-refractivity contribution in [1.29, 1.82) is 0 Å². The summed E-state index contributed by atoms with van der Waals surface area (Å²) in [4.78, 5) is 18.3. The molecule has 0 aliphatic heterocycles. The minimum atomic E-state index is -0.442. The van der Waals surface area contributed by atoms with E-state index in [1.165, 1.54) is 13.3 Å². The summed E-state index contributed by atoms with van der Waals surface area (Å²) in [5.41, 5.74) is 4.64. The highest BCUT2D eigenvalue weighted by atomic mass is 16.7. The summed E-state index contributed by atoms with van der Waals surface area (Å²) in [6, 6.07) is 16.0. The van der Waals surface area contributed by atoms with Crippen molar-refractivity contribution in [1.82, 2.24) is 4.57 Å². The van der Waals surface area contributed by atoms with Crippen LogP contribution in [0.2, 0.25) is 0 Å². The number of aryl methyl sites for hydroxylation is 1. The van der Waals surface area contributed by atoms with Gasteiger partial charge in [0, 0.05) is 62.0 Å². The number of carbonyl (C=O) groups excluding carboxylic acids is 1. The Labute approximate surface area is 167 Å². The molecule has 5 heteroatoms. The van der Waals surface area contributed by atoms with Crippen molar-refractivity contribution in [2.45, 2.75) is 27.2 Å². The number of carbonyl (C=O) groups is 1. The third kappa shape index (κ3) is 5.00. The Balaban J connectivity index is 0.000000878. The Kier molecular flexibility index (Phi) is 7.38. The molecular weight excluding hydrogens is 350 g/mol. The largest absolute Gasteiger partial charge is 0.378 e. The summed E-state index contributed by atoms with van der Waals surface area (Å²) in [7, 11) is 6.01. The molecule has 0 saturated heterocycles. The van der Waals surface area contributed by atoms with Gasteiger partial charge in [-0.3, -0.25) is 0 Å². The van der Waals surface area contributed by atoms with E-state index in [1.807, 2.05) is 57.7 Å². The Bertz CT molecular complexity index is 957. The van der Waals surface area contributed by atoms with Crippen molar-refractivity contribution in [2.24, 2.45) is 12.2 Å². The maximum absolute atomic E-state index is 11.3. The van der Waals surface area contributed by atoms with Gasteiger partial charge in [0.15, 0.2) is 0 Å². The Morgan fingerprint density at radius 1 is 1.11 bits per heavy atom. The number of rotatable bonds is 4. The van der Waals surface area contributed by atoms with E-state index in [2.05, 4.69) is 46.7 Å². The lowest BCUT2D eigenvalue weighted by Crippen LogP contribution is -2.09. The van der Waals surface area contributed by atoms with E-state index in [4.69, 9.17) is 4.84 Å². The number of aromatic nitrogens is 1. The molecule has 0 bridgehead atoms. The molecule has 0 aliphatic rings. The van der Waals surface area contributed by atoms with Crippen LogP contribution in [0.5, 0.6) is 0 Å². The monoisotopic (exact) mass is 379 g/mol. The molecule has 3 rings (SSSR count). The van der Waals surface area contributed by atoms with Crippen LogP contribution in [0.25, 0.3) is 10.9 Å². The second-order valence-corrected chi connectivity index (χ2v) is 6.85. The SMILES string of the molecule is CC(=O)O/N=C(\c1ccccc1)c1cn(C)c2ccc(N(C)C)cc12.CCC. The predicted octanol–water partition coefficient (Wildman–Crippen LogP) is 4.98. The first kappa shape index (κ1) is 21.2. The summed E-state index contributed by atoms with van der Waals surface area (Å²) in [6.45, 7) is 5.60. The van der Waals surface area contributed by atoms with Crippen LogP contribution in [-0.4, -0.2) is 30.3 Å². The van der Waals surface area contributed by atoms with Crippen LogP contribution in [0.1, 0.15) is 38.3 Å². The second kappa shape index (κ2) is 9.74. The molecule has 1 heterocycles. The molecule has 148 valence electrons. The standard InChI is InChI=1S/C20H21N3O2.C3H8/c1-14(24)25-21-20(15-8-6-5-7-9-15)18-13-23(4)19-11-10-16(22(2)3)12-17(18)19;1-3-2/h5-13H,1-4H3;3H2,1-2H3/b21-20+;. The molecule has 0 atom stereocenters. The molecule has 0 amide bonds. The first-order chi connectivity index (χ1) is 13.4. The quantitative estimate of drug-likeness (QED) is 0.365. The molecule has 1 aromatic heterocycles. The summed E-state index contributed by atoms with van der Waals surface area (Å²) in [6.07, 6.45) is 3.26. The lowest BCUT2D eigenvalue weighted by molar-refractivity contribution is -0.140. The fraction of sp³-hybridized carbons (Fsp3) is 0.304. The van der Waals surface area contributed by atoms with E-state index in [-0.39, 0.29) is 0 Å². The van der Waals surface area contributed by atoms with E-state index in [0.717, 1.165) is 27.7 Å². The van der Waals surface area contributed by atoms with Gasteiger partial charge < -0.3 is 14.3 Å². The maximum atomic E-state index is 11.3. The molecule has 0 N–H and O–H groups in total. The van der Waals surface area contributed by atoms with Crippen LogP contribution >= 0.6 is 0 Å². The molecule has 2 aromatic carbocycles. The molecule has 0 fully saturated rings. The first-order valence-corrected chi connectivity index (χ1v) is 9.46. The van der Waals surface area contributed by atoms with Crippen molar-refractivity contribution in [3.05, 3.63) is 65.9 Å². The minimum Gasteiger partial charge on any atom is -0.378 e. The zero-order valence-corrected chi connectivity index (χ0v) is 17.6. The van der Waals surface area contributed by atoms with Gasteiger partial charge in [-0.1, -0.05) is 55.8 Å². The van der Waals surface area contributed by atoms with Crippen LogP contribution in [0.3, 0.4) is 0 Å². The summed E-state index contributed by atoms with van der Waals surface area (Å²) in [5, 5.41) is 5.20. The Hall–Kier alpha value is -3.08. The summed E-state index contributed by atoms with van der Waals surface area (Å²) >= 11 is 0. The summed E-state index contributed by atoms with van der Waals surface area (Å²) < 4.78 is 2.05. The fourth-order valence-electron chi connectivity index (χ4n) is 2.81. The number of benzene rings is 2. The molecule has 0 radical (unpaired) electrons. The van der Waals surface area contributed by atoms with Crippen LogP contribution in [0.15, 0.2) is 59.9 Å². The van der Waals surface area contributed by atoms with Crippen molar-refractivity contribution in [2.75, 3.05) is 19.0 Å². The van der Waals surface area contributed by atoms with Gasteiger partial charge in [0.1, 0.15) is 5.71 Å². The molecule has 0 saturated carbocycles. The number of hydrogen-bond acceptors (Lipinski definition) is 4. The number of fused-ring (bicyclic) bond motifs is 1. The number of anilines is 1. The van der Waals surface area contributed by atoms with Gasteiger partial charge in [0.25, 0.3) is 0 Å². The van der Waals surface area contributed by atoms with Gasteiger partial charge in [-0.15, -0.1) is 0 Å². The lowest BCUT2D eigenvalue weighted by Gasteiger charge is -2.13. The molecular formula is C23H29N3O2. The third-order valence-corrected chi connectivity index (χ3v) is 4.06. The average molecular weight is 380 g/mol. The van der Waals surface area contributed by atoms with Crippen LogP contribution in [0, 0.1) is 0 Å². The smallest absolute Gasteiger partial charge is 0.332 e. The average Bonchev–Trinajstić information content (AvgIpc) is 2.99. The zero-order chi connectivity index (χ0) is 20.7. The van der Waals surface area contributed by atoms with Crippen molar-refractivity contribution in [3.63, 3.8) is 0 Å². The highest BCUT2D eigenvalue weighted by Gasteiger charge is 2.16. The van der Waals surface area contributed by atoms with Gasteiger partial charge >= 0.3 is 5.97 Å². The van der Waals surface area contributed by atoms with Crippen LogP contribution in [-0.2, 0) is 16.7 Å². The first-order valence-electron chi connectivity index (χ1n) is 9.46. The number of hydrogen-bond donors (Lipinski definition) is 0. The molecule has 0 spiro atoms. The van der Waals surface area contributed by atoms with Crippen molar-refractivity contribution >= 4 is 28.3 Å². The third-order valence-electron chi connectivity index (χ3n) is 4.06. The Morgan fingerprint density at radius 3 is 2.32 bits per heavy atom. The van der Waals surface area contributed by atoms with Crippen LogP contribution in [0.4, 0.5) is 5.69 Å². The van der Waals surface area contributed by atoms with Gasteiger partial charge in [0.05, 0.1) is 0 Å². The number of oxime groups is 1. The van der Waals surface area contributed by atoms with Gasteiger partial charge in [0.2, 0.25) is 0 Å². The predicted molar refractivity (Wildman–Crippen MR) is 117 cm³/mol. The fourth-order valence-corrected chi connectivity index (χ4v) is 2.81. The zero-order valence-electron chi connectivity index (χ0n) is 17.6. The van der Waals surface area contributed by atoms with Gasteiger partial charge in [-0.05, 0) is 18.2 Å². The van der Waals surface area contributed by atoms with E-state index < -0.39 is 5.97 Å². The van der Waals surface area contributed by atoms with Crippen molar-refractivity contribution < 1.29 is 9.63 Å². The number of nitrogens with zero attached hydrogens (tertiary/aromatic N) is 3. The van der Waals surface area contributed by atoms with Crippen molar-refractivity contribution in [3.8, 4) is 0 Å². The summed E-state index contributed by atoms with van der Waals surface area (Å²) in [5.74, 6) is -0.442. The molecule has 5 nitrogen and oxygen atoms in total. The van der Waals surface area contributed by atoms with E-state index in [1.54, 1.807) is 0 Å². The maximum Gasteiger partial charge on any atom is 0.332 e. The van der Waals surface area contributed by atoms with E-state index in [0.29, 0.717) is 5.71 Å². The van der Waals surface area contributed by atoms with Crippen LogP contribution < -0.4 is 4.90 Å². The van der Waals surface area contributed by atoms with Gasteiger partial charge in [-0.2, -0.15) is 0 Å².